The molecule has 0 radical (unpaired) electrons. The van der Waals surface area contributed by atoms with Crippen LogP contribution in [0.2, 0.25) is 0 Å². The summed E-state index contributed by atoms with van der Waals surface area (Å²) in [5.41, 5.74) is 0.877. The minimum Gasteiger partial charge on any atom is -0.478 e. The zero-order valence-corrected chi connectivity index (χ0v) is 15.8. The fraction of sp³-hybridized carbons (Fsp3) is 0.650. The van der Waals surface area contributed by atoms with Crippen molar-refractivity contribution in [1.29, 1.82) is 0 Å². The molecule has 1 fully saturated rings. The Kier molecular flexibility index (Phi) is 8.23. The van der Waals surface area contributed by atoms with Gasteiger partial charge in [0, 0.05) is 24.8 Å². The van der Waals surface area contributed by atoms with E-state index < -0.39 is 11.6 Å². The van der Waals surface area contributed by atoms with E-state index in [9.17, 15) is 14.4 Å². The molecule has 0 aromatic heterocycles. The summed E-state index contributed by atoms with van der Waals surface area (Å²) in [6.07, 6.45) is 6.24. The van der Waals surface area contributed by atoms with Gasteiger partial charge in [0.05, 0.1) is 6.61 Å². The van der Waals surface area contributed by atoms with Crippen LogP contribution >= 0.6 is 0 Å². The van der Waals surface area contributed by atoms with Crippen LogP contribution < -0.4 is 0 Å². The van der Waals surface area contributed by atoms with Crippen LogP contribution in [0.15, 0.2) is 23.3 Å². The maximum Gasteiger partial charge on any atom is 0.328 e. The molecule has 0 saturated carbocycles. The molecule has 1 aliphatic rings. The predicted molar refractivity (Wildman–Crippen MR) is 96.4 cm³/mol. The Hall–Kier alpha value is -1.75. The number of hydrogen-bond acceptors (Lipinski definition) is 4. The second-order valence-electron chi connectivity index (χ2n) is 7.33. The summed E-state index contributed by atoms with van der Waals surface area (Å²) in [4.78, 5) is 35.2. The van der Waals surface area contributed by atoms with Gasteiger partial charge < -0.3 is 9.84 Å². The molecule has 0 amide bonds. The quantitative estimate of drug-likeness (QED) is 0.531. The first-order valence-corrected chi connectivity index (χ1v) is 8.90. The van der Waals surface area contributed by atoms with Crippen LogP contribution in [0.5, 0.6) is 0 Å². The molecule has 1 aliphatic heterocycles. The molecule has 25 heavy (non-hydrogen) atoms. The Labute approximate surface area is 150 Å². The van der Waals surface area contributed by atoms with Gasteiger partial charge in [0.15, 0.2) is 5.78 Å². The number of ketones is 2. The molecular weight excluding hydrogens is 320 g/mol. The van der Waals surface area contributed by atoms with Gasteiger partial charge in [0.1, 0.15) is 11.4 Å². The second-order valence-corrected chi connectivity index (χ2v) is 7.33. The van der Waals surface area contributed by atoms with E-state index in [0.29, 0.717) is 31.3 Å². The third kappa shape index (κ3) is 7.34. The lowest BCUT2D eigenvalue weighted by Crippen LogP contribution is -2.37. The van der Waals surface area contributed by atoms with E-state index in [2.05, 4.69) is 0 Å². The first-order valence-electron chi connectivity index (χ1n) is 8.90. The van der Waals surface area contributed by atoms with Crippen molar-refractivity contribution in [3.05, 3.63) is 23.3 Å². The van der Waals surface area contributed by atoms with Crippen molar-refractivity contribution in [2.45, 2.75) is 71.8 Å². The van der Waals surface area contributed by atoms with Crippen LogP contribution in [0.3, 0.4) is 0 Å². The number of rotatable bonds is 8. The molecule has 0 aromatic carbocycles. The fourth-order valence-electron chi connectivity index (χ4n) is 2.86. The first kappa shape index (κ1) is 21.3. The van der Waals surface area contributed by atoms with Gasteiger partial charge in [-0.05, 0) is 52.0 Å². The monoisotopic (exact) mass is 350 g/mol. The van der Waals surface area contributed by atoms with Crippen LogP contribution in [-0.2, 0) is 19.1 Å². The van der Waals surface area contributed by atoms with Gasteiger partial charge in [-0.15, -0.1) is 0 Å². The smallest absolute Gasteiger partial charge is 0.328 e. The summed E-state index contributed by atoms with van der Waals surface area (Å²) < 4.78 is 5.76. The molecule has 2 atom stereocenters. The molecule has 1 rings (SSSR count). The Morgan fingerprint density at radius 3 is 2.60 bits per heavy atom. The number of hydrogen-bond donors (Lipinski definition) is 1. The van der Waals surface area contributed by atoms with Crippen molar-refractivity contribution in [2.24, 2.45) is 5.92 Å². The molecule has 1 heterocycles. The van der Waals surface area contributed by atoms with E-state index in [1.54, 1.807) is 6.92 Å². The highest BCUT2D eigenvalue weighted by Crippen LogP contribution is 2.29. The van der Waals surface area contributed by atoms with Crippen LogP contribution in [0.1, 0.15) is 66.2 Å². The number of Topliss-reactive ketones (excluding diaryl/α,β-unsaturated/α-hetero) is 2. The average Bonchev–Trinajstić information content (AvgIpc) is 2.66. The number of allylic oxidation sites excluding steroid dienone is 2. The zero-order chi connectivity index (χ0) is 19.0. The molecule has 140 valence electrons. The molecular formula is C20H30O5. The van der Waals surface area contributed by atoms with E-state index in [1.165, 1.54) is 0 Å². The first-order chi connectivity index (χ1) is 11.6. The molecule has 0 spiro atoms. The van der Waals surface area contributed by atoms with Crippen LogP contribution in [0.25, 0.3) is 0 Å². The molecule has 5 nitrogen and oxygen atoms in total. The van der Waals surface area contributed by atoms with Crippen molar-refractivity contribution >= 4 is 17.5 Å². The molecule has 5 heteroatoms. The third-order valence-electron chi connectivity index (χ3n) is 4.72. The Morgan fingerprint density at radius 1 is 1.32 bits per heavy atom. The van der Waals surface area contributed by atoms with Crippen LogP contribution in [-0.4, -0.2) is 34.9 Å². The summed E-state index contributed by atoms with van der Waals surface area (Å²) in [5.74, 6) is -0.836. The lowest BCUT2D eigenvalue weighted by atomic mass is 9.88. The maximum atomic E-state index is 12.4. The van der Waals surface area contributed by atoms with Crippen LogP contribution in [0, 0.1) is 5.92 Å². The highest BCUT2D eigenvalue weighted by molar-refractivity contribution is 5.88. The van der Waals surface area contributed by atoms with E-state index in [0.717, 1.165) is 24.5 Å². The van der Waals surface area contributed by atoms with Gasteiger partial charge in [0.25, 0.3) is 0 Å². The minimum absolute atomic E-state index is 0.00445. The minimum atomic E-state index is -1.02. The normalized spacial score (nSPS) is 23.8. The van der Waals surface area contributed by atoms with Crippen molar-refractivity contribution < 1.29 is 24.2 Å². The van der Waals surface area contributed by atoms with E-state index >= 15 is 0 Å². The Balaban J connectivity index is 2.54. The second kappa shape index (κ2) is 9.66. The summed E-state index contributed by atoms with van der Waals surface area (Å²) in [6, 6.07) is 0. The van der Waals surface area contributed by atoms with Crippen molar-refractivity contribution in [3.63, 3.8) is 0 Å². The summed E-state index contributed by atoms with van der Waals surface area (Å²) in [7, 11) is 0. The van der Waals surface area contributed by atoms with Gasteiger partial charge in [-0.3, -0.25) is 9.59 Å². The Bertz CT molecular complexity index is 569. The van der Waals surface area contributed by atoms with Crippen molar-refractivity contribution in [3.8, 4) is 0 Å². The maximum absolute atomic E-state index is 12.4. The lowest BCUT2D eigenvalue weighted by Gasteiger charge is -2.27. The molecule has 0 bridgehead atoms. The number of carboxylic acids is 1. The molecule has 1 N–H and O–H groups in total. The fourth-order valence-corrected chi connectivity index (χ4v) is 2.86. The van der Waals surface area contributed by atoms with Gasteiger partial charge in [-0.25, -0.2) is 4.79 Å². The van der Waals surface area contributed by atoms with E-state index in [4.69, 9.17) is 9.84 Å². The third-order valence-corrected chi connectivity index (χ3v) is 4.72. The molecule has 0 aliphatic carbocycles. The van der Waals surface area contributed by atoms with Gasteiger partial charge >= 0.3 is 5.97 Å². The summed E-state index contributed by atoms with van der Waals surface area (Å²) >= 11 is 0. The predicted octanol–water partition coefficient (Wildman–Crippen LogP) is 3.87. The summed E-state index contributed by atoms with van der Waals surface area (Å²) in [5, 5.41) is 8.83. The standard InChI is InChI=1S/C20H30O5/c1-14(2)7-9-17(21)15(3)6-5-11-20(4)18(22)10-8-16(13-25-20)12-19(23)24/h7,12,15H,5-6,8-11,13H2,1-4H3,(H,23,24)/t15?,20-/m0/s1. The highest BCUT2D eigenvalue weighted by atomic mass is 16.5. The number of carbonyl (C=O) groups is 3. The SMILES string of the molecule is CC(C)=CCC(=O)C(C)CCC[C@]1(C)OCC(=CC(=O)O)CCC1=O. The lowest BCUT2D eigenvalue weighted by molar-refractivity contribution is -0.140. The number of carbonyl (C=O) groups excluding carboxylic acids is 2. The molecule has 1 unspecified atom stereocenters. The highest BCUT2D eigenvalue weighted by Gasteiger charge is 2.35. The largest absolute Gasteiger partial charge is 0.478 e. The number of aliphatic carboxylic acids is 1. The molecule has 0 aromatic rings. The van der Waals surface area contributed by atoms with Gasteiger partial charge in [-0.1, -0.05) is 18.6 Å². The van der Waals surface area contributed by atoms with E-state index in [1.807, 2.05) is 26.8 Å². The number of carboxylic acid groups (broad SMARTS) is 1. The van der Waals surface area contributed by atoms with Gasteiger partial charge in [0.2, 0.25) is 0 Å². The number of ether oxygens (including phenoxy) is 1. The average molecular weight is 350 g/mol. The summed E-state index contributed by atoms with van der Waals surface area (Å²) in [6.45, 7) is 7.81. The van der Waals surface area contributed by atoms with Crippen LogP contribution in [0.4, 0.5) is 0 Å². The molecule has 1 saturated heterocycles. The van der Waals surface area contributed by atoms with Crippen molar-refractivity contribution in [1.82, 2.24) is 0 Å². The van der Waals surface area contributed by atoms with Crippen molar-refractivity contribution in [2.75, 3.05) is 6.61 Å². The zero-order valence-electron chi connectivity index (χ0n) is 15.8. The van der Waals surface area contributed by atoms with Gasteiger partial charge in [-0.2, -0.15) is 0 Å². The Morgan fingerprint density at radius 2 is 2.00 bits per heavy atom. The topological polar surface area (TPSA) is 80.7 Å². The van der Waals surface area contributed by atoms with E-state index in [-0.39, 0.29) is 24.1 Å².